The summed E-state index contributed by atoms with van der Waals surface area (Å²) in [5.41, 5.74) is 0.950. The van der Waals surface area contributed by atoms with Crippen LogP contribution in [-0.4, -0.2) is 41.6 Å². The van der Waals surface area contributed by atoms with E-state index < -0.39 is 6.10 Å². The van der Waals surface area contributed by atoms with Gasteiger partial charge in [-0.1, -0.05) is 44.2 Å². The summed E-state index contributed by atoms with van der Waals surface area (Å²) in [5.74, 6) is 0.140. The second-order valence-corrected chi connectivity index (χ2v) is 6.19. The van der Waals surface area contributed by atoms with Gasteiger partial charge in [-0.05, 0) is 24.9 Å². The van der Waals surface area contributed by atoms with Gasteiger partial charge in [-0.25, -0.2) is 0 Å². The smallest absolute Gasteiger partial charge is 0.222 e. The second kappa shape index (κ2) is 7.57. The highest BCUT2D eigenvalue weighted by Gasteiger charge is 2.23. The summed E-state index contributed by atoms with van der Waals surface area (Å²) < 4.78 is 0. The molecule has 0 saturated carbocycles. The van der Waals surface area contributed by atoms with Crippen LogP contribution in [0.1, 0.15) is 38.4 Å². The zero-order chi connectivity index (χ0) is 15.2. The molecule has 2 rings (SSSR count). The Morgan fingerprint density at radius 3 is 2.76 bits per heavy atom. The minimum atomic E-state index is -0.467. The summed E-state index contributed by atoms with van der Waals surface area (Å²) in [6, 6.07) is 9.95. The first-order valence-corrected chi connectivity index (χ1v) is 7.82. The SMILES string of the molecule is CC(C)C(=O)NC1CCCN(CC(O)c2ccccc2)C1. The number of nitrogens with zero attached hydrogens (tertiary/aromatic N) is 1. The van der Waals surface area contributed by atoms with E-state index in [2.05, 4.69) is 10.2 Å². The molecule has 1 aromatic carbocycles. The topological polar surface area (TPSA) is 52.6 Å². The number of piperidine rings is 1. The number of hydrogen-bond donors (Lipinski definition) is 2. The molecule has 1 saturated heterocycles. The van der Waals surface area contributed by atoms with Gasteiger partial charge >= 0.3 is 0 Å². The first-order chi connectivity index (χ1) is 10.1. The monoisotopic (exact) mass is 290 g/mol. The maximum Gasteiger partial charge on any atom is 0.222 e. The fourth-order valence-electron chi connectivity index (χ4n) is 2.73. The lowest BCUT2D eigenvalue weighted by molar-refractivity contribution is -0.125. The third-order valence-electron chi connectivity index (χ3n) is 3.99. The van der Waals surface area contributed by atoms with Gasteiger partial charge in [0.15, 0.2) is 0 Å². The molecular formula is C17H26N2O2. The van der Waals surface area contributed by atoms with Crippen molar-refractivity contribution in [2.45, 2.75) is 38.8 Å². The maximum atomic E-state index is 11.8. The van der Waals surface area contributed by atoms with E-state index in [0.29, 0.717) is 6.54 Å². The predicted molar refractivity (Wildman–Crippen MR) is 83.8 cm³/mol. The zero-order valence-corrected chi connectivity index (χ0v) is 13.0. The first kappa shape index (κ1) is 16.0. The number of β-amino-alcohol motifs (C(OH)–C–C–N with tert-alkyl or cyclic N) is 1. The van der Waals surface area contributed by atoms with Gasteiger partial charge in [-0.2, -0.15) is 0 Å². The molecule has 1 aliphatic heterocycles. The molecule has 4 nitrogen and oxygen atoms in total. The number of amides is 1. The van der Waals surface area contributed by atoms with Crippen molar-refractivity contribution < 1.29 is 9.90 Å². The Morgan fingerprint density at radius 2 is 2.10 bits per heavy atom. The Hall–Kier alpha value is -1.39. The van der Waals surface area contributed by atoms with E-state index in [4.69, 9.17) is 0 Å². The lowest BCUT2D eigenvalue weighted by atomic mass is 10.0. The van der Waals surface area contributed by atoms with E-state index in [1.54, 1.807) is 0 Å². The fourth-order valence-corrected chi connectivity index (χ4v) is 2.73. The average Bonchev–Trinajstić information content (AvgIpc) is 2.48. The van der Waals surface area contributed by atoms with Crippen LogP contribution in [0.3, 0.4) is 0 Å². The molecule has 2 atom stereocenters. The quantitative estimate of drug-likeness (QED) is 0.871. The van der Waals surface area contributed by atoms with Gasteiger partial charge in [-0.3, -0.25) is 9.69 Å². The van der Waals surface area contributed by atoms with Crippen molar-refractivity contribution in [2.24, 2.45) is 5.92 Å². The van der Waals surface area contributed by atoms with Gasteiger partial charge in [0.05, 0.1) is 6.10 Å². The molecule has 0 bridgehead atoms. The van der Waals surface area contributed by atoms with Crippen LogP contribution in [0.2, 0.25) is 0 Å². The van der Waals surface area contributed by atoms with Crippen molar-refractivity contribution in [3.63, 3.8) is 0 Å². The van der Waals surface area contributed by atoms with Crippen LogP contribution < -0.4 is 5.32 Å². The number of nitrogens with one attached hydrogen (secondary N) is 1. The van der Waals surface area contributed by atoms with E-state index in [9.17, 15) is 9.90 Å². The van der Waals surface area contributed by atoms with Crippen molar-refractivity contribution in [2.75, 3.05) is 19.6 Å². The van der Waals surface area contributed by atoms with Gasteiger partial charge in [-0.15, -0.1) is 0 Å². The largest absolute Gasteiger partial charge is 0.387 e. The van der Waals surface area contributed by atoms with Crippen LogP contribution in [0.15, 0.2) is 30.3 Å². The molecule has 1 heterocycles. The predicted octanol–water partition coefficient (Wildman–Crippen LogP) is 1.96. The Kier molecular flexibility index (Phi) is 5.76. The minimum absolute atomic E-state index is 0.0234. The summed E-state index contributed by atoms with van der Waals surface area (Å²) in [4.78, 5) is 14.0. The third-order valence-corrected chi connectivity index (χ3v) is 3.99. The van der Waals surface area contributed by atoms with Crippen LogP contribution in [0.4, 0.5) is 0 Å². The Bertz CT molecular complexity index is 447. The van der Waals surface area contributed by atoms with Crippen LogP contribution in [-0.2, 0) is 4.79 Å². The van der Waals surface area contributed by atoms with Crippen LogP contribution >= 0.6 is 0 Å². The number of hydrogen-bond acceptors (Lipinski definition) is 3. The molecule has 1 aliphatic rings. The van der Waals surface area contributed by atoms with Crippen molar-refractivity contribution in [3.8, 4) is 0 Å². The molecule has 116 valence electrons. The molecule has 1 aromatic rings. The van der Waals surface area contributed by atoms with E-state index in [1.807, 2.05) is 44.2 Å². The molecule has 0 radical (unpaired) electrons. The zero-order valence-electron chi connectivity index (χ0n) is 13.0. The Balaban J connectivity index is 1.85. The standard InChI is InChI=1S/C17H26N2O2/c1-13(2)17(21)18-15-9-6-10-19(11-15)12-16(20)14-7-4-3-5-8-14/h3-5,7-8,13,15-16,20H,6,9-12H2,1-2H3,(H,18,21). The van der Waals surface area contributed by atoms with Crippen molar-refractivity contribution in [3.05, 3.63) is 35.9 Å². The molecule has 0 aliphatic carbocycles. The summed E-state index contributed by atoms with van der Waals surface area (Å²) in [6.45, 7) is 6.25. The summed E-state index contributed by atoms with van der Waals surface area (Å²) >= 11 is 0. The molecule has 0 spiro atoms. The Labute approximate surface area is 127 Å². The lowest BCUT2D eigenvalue weighted by Gasteiger charge is -2.34. The number of benzene rings is 1. The highest BCUT2D eigenvalue weighted by molar-refractivity contribution is 5.78. The van der Waals surface area contributed by atoms with E-state index in [1.165, 1.54) is 0 Å². The van der Waals surface area contributed by atoms with Crippen molar-refractivity contribution >= 4 is 5.91 Å². The van der Waals surface area contributed by atoms with Gasteiger partial charge in [0.25, 0.3) is 0 Å². The molecule has 1 amide bonds. The number of rotatable bonds is 5. The molecular weight excluding hydrogens is 264 g/mol. The van der Waals surface area contributed by atoms with Crippen LogP contribution in [0, 0.1) is 5.92 Å². The van der Waals surface area contributed by atoms with Crippen LogP contribution in [0.5, 0.6) is 0 Å². The van der Waals surface area contributed by atoms with E-state index in [-0.39, 0.29) is 17.9 Å². The highest BCUT2D eigenvalue weighted by Crippen LogP contribution is 2.17. The van der Waals surface area contributed by atoms with Crippen molar-refractivity contribution in [1.82, 2.24) is 10.2 Å². The summed E-state index contributed by atoms with van der Waals surface area (Å²) in [5, 5.41) is 13.4. The van der Waals surface area contributed by atoms with Gasteiger partial charge in [0, 0.05) is 25.0 Å². The lowest BCUT2D eigenvalue weighted by Crippen LogP contribution is -2.49. The summed E-state index contributed by atoms with van der Waals surface area (Å²) in [6.07, 6.45) is 1.62. The highest BCUT2D eigenvalue weighted by atomic mass is 16.3. The number of likely N-dealkylation sites (tertiary alicyclic amines) is 1. The normalized spacial score (nSPS) is 21.2. The number of carbonyl (C=O) groups is 1. The summed E-state index contributed by atoms with van der Waals surface area (Å²) in [7, 11) is 0. The van der Waals surface area contributed by atoms with E-state index >= 15 is 0 Å². The number of carbonyl (C=O) groups excluding carboxylic acids is 1. The van der Waals surface area contributed by atoms with Crippen LogP contribution in [0.25, 0.3) is 0 Å². The van der Waals surface area contributed by atoms with E-state index in [0.717, 1.165) is 31.5 Å². The molecule has 4 heteroatoms. The van der Waals surface area contributed by atoms with Gasteiger partial charge in [0.2, 0.25) is 5.91 Å². The number of aliphatic hydroxyl groups excluding tert-OH is 1. The first-order valence-electron chi connectivity index (χ1n) is 7.82. The third kappa shape index (κ3) is 4.83. The molecule has 1 fully saturated rings. The fraction of sp³-hybridized carbons (Fsp3) is 0.588. The molecule has 21 heavy (non-hydrogen) atoms. The van der Waals surface area contributed by atoms with Crippen molar-refractivity contribution in [1.29, 1.82) is 0 Å². The van der Waals surface area contributed by atoms with Gasteiger partial charge in [0.1, 0.15) is 0 Å². The van der Waals surface area contributed by atoms with Gasteiger partial charge < -0.3 is 10.4 Å². The molecule has 0 aromatic heterocycles. The second-order valence-electron chi connectivity index (χ2n) is 6.19. The Morgan fingerprint density at radius 1 is 1.38 bits per heavy atom. The number of aliphatic hydroxyl groups is 1. The molecule has 2 N–H and O–H groups in total. The minimum Gasteiger partial charge on any atom is -0.387 e. The maximum absolute atomic E-state index is 11.8. The molecule has 2 unspecified atom stereocenters. The average molecular weight is 290 g/mol.